The summed E-state index contributed by atoms with van der Waals surface area (Å²) in [7, 11) is 0. The summed E-state index contributed by atoms with van der Waals surface area (Å²) in [5, 5.41) is 3.16. The van der Waals surface area contributed by atoms with Crippen molar-refractivity contribution < 1.29 is 4.79 Å². The van der Waals surface area contributed by atoms with E-state index in [2.05, 4.69) is 24.1 Å². The van der Waals surface area contributed by atoms with E-state index >= 15 is 0 Å². The molecule has 2 heterocycles. The van der Waals surface area contributed by atoms with E-state index in [1.807, 2.05) is 4.90 Å². The number of urea groups is 1. The van der Waals surface area contributed by atoms with Gasteiger partial charge in [0, 0.05) is 25.7 Å². The van der Waals surface area contributed by atoms with Gasteiger partial charge >= 0.3 is 6.03 Å². The first-order chi connectivity index (χ1) is 9.15. The van der Waals surface area contributed by atoms with Crippen molar-refractivity contribution in [3.05, 3.63) is 0 Å². The summed E-state index contributed by atoms with van der Waals surface area (Å²) < 4.78 is 0. The molecule has 2 fully saturated rings. The molecule has 0 radical (unpaired) electrons. The van der Waals surface area contributed by atoms with Crippen molar-refractivity contribution in [1.29, 1.82) is 0 Å². The van der Waals surface area contributed by atoms with Crippen molar-refractivity contribution in [1.82, 2.24) is 15.1 Å². The molecular formula is C15H29N3O. The van der Waals surface area contributed by atoms with E-state index in [0.717, 1.165) is 26.1 Å². The third-order valence-corrected chi connectivity index (χ3v) is 4.29. The highest BCUT2D eigenvalue weighted by molar-refractivity contribution is 5.74. The summed E-state index contributed by atoms with van der Waals surface area (Å²) in [5.74, 6) is 0.650. The van der Waals surface area contributed by atoms with E-state index in [-0.39, 0.29) is 12.1 Å². The molecule has 4 nitrogen and oxygen atoms in total. The van der Waals surface area contributed by atoms with E-state index in [0.29, 0.717) is 5.92 Å². The Balaban J connectivity index is 1.71. The summed E-state index contributed by atoms with van der Waals surface area (Å²) >= 11 is 0. The second-order valence-corrected chi connectivity index (χ2v) is 6.41. The summed E-state index contributed by atoms with van der Waals surface area (Å²) in [6.07, 6.45) is 6.39. The maximum Gasteiger partial charge on any atom is 0.317 e. The minimum atomic E-state index is 0.135. The van der Waals surface area contributed by atoms with Crippen molar-refractivity contribution in [2.75, 3.05) is 32.7 Å². The molecule has 1 N–H and O–H groups in total. The van der Waals surface area contributed by atoms with Gasteiger partial charge in [0.25, 0.3) is 0 Å². The number of rotatable bonds is 3. The predicted octanol–water partition coefficient (Wildman–Crippen LogP) is 2.30. The third kappa shape index (κ3) is 4.68. The van der Waals surface area contributed by atoms with E-state index in [1.54, 1.807) is 0 Å². The molecule has 2 amide bonds. The van der Waals surface area contributed by atoms with Crippen LogP contribution in [-0.2, 0) is 0 Å². The molecule has 2 aliphatic rings. The quantitative estimate of drug-likeness (QED) is 0.851. The highest BCUT2D eigenvalue weighted by Crippen LogP contribution is 2.15. The third-order valence-electron chi connectivity index (χ3n) is 4.29. The zero-order valence-corrected chi connectivity index (χ0v) is 12.5. The Morgan fingerprint density at radius 2 is 1.95 bits per heavy atom. The first-order valence-electron chi connectivity index (χ1n) is 7.93. The molecule has 0 aromatic heterocycles. The van der Waals surface area contributed by atoms with Crippen molar-refractivity contribution in [2.24, 2.45) is 5.92 Å². The first kappa shape index (κ1) is 14.6. The van der Waals surface area contributed by atoms with Gasteiger partial charge < -0.3 is 15.1 Å². The summed E-state index contributed by atoms with van der Waals surface area (Å²) in [4.78, 5) is 16.7. The highest BCUT2D eigenvalue weighted by Gasteiger charge is 2.22. The Kier molecular flexibility index (Phi) is 5.49. The van der Waals surface area contributed by atoms with Crippen LogP contribution in [0.15, 0.2) is 0 Å². The van der Waals surface area contributed by atoms with E-state index in [4.69, 9.17) is 0 Å². The topological polar surface area (TPSA) is 35.6 Å². The second kappa shape index (κ2) is 7.13. The van der Waals surface area contributed by atoms with Gasteiger partial charge in [-0.1, -0.05) is 13.3 Å². The highest BCUT2D eigenvalue weighted by atomic mass is 16.2. The number of hydrogen-bond acceptors (Lipinski definition) is 2. The first-order valence-corrected chi connectivity index (χ1v) is 7.93. The fourth-order valence-electron chi connectivity index (χ4n) is 3.25. The number of piperidine rings is 2. The molecule has 0 aromatic carbocycles. The van der Waals surface area contributed by atoms with Gasteiger partial charge in [-0.25, -0.2) is 4.79 Å². The Morgan fingerprint density at radius 1 is 1.21 bits per heavy atom. The zero-order chi connectivity index (χ0) is 13.7. The molecule has 0 aromatic rings. The molecule has 110 valence electrons. The van der Waals surface area contributed by atoms with Gasteiger partial charge in [-0.05, 0) is 51.6 Å². The van der Waals surface area contributed by atoms with Crippen molar-refractivity contribution in [3.63, 3.8) is 0 Å². The number of likely N-dealkylation sites (tertiary alicyclic amines) is 2. The van der Waals surface area contributed by atoms with Gasteiger partial charge in [0.1, 0.15) is 0 Å². The van der Waals surface area contributed by atoms with Crippen LogP contribution in [-0.4, -0.2) is 54.6 Å². The van der Waals surface area contributed by atoms with E-state index in [9.17, 15) is 4.79 Å². The van der Waals surface area contributed by atoms with Crippen LogP contribution in [0.4, 0.5) is 4.79 Å². The van der Waals surface area contributed by atoms with Crippen molar-refractivity contribution in [2.45, 2.75) is 52.0 Å². The molecule has 2 saturated heterocycles. The summed E-state index contributed by atoms with van der Waals surface area (Å²) in [6, 6.07) is 0.388. The van der Waals surface area contributed by atoms with Gasteiger partial charge in [0.2, 0.25) is 0 Å². The maximum absolute atomic E-state index is 12.2. The van der Waals surface area contributed by atoms with Crippen LogP contribution in [0.5, 0.6) is 0 Å². The number of carbonyl (C=O) groups excluding carboxylic acids is 1. The van der Waals surface area contributed by atoms with E-state index in [1.165, 1.54) is 38.8 Å². The predicted molar refractivity (Wildman–Crippen MR) is 78.3 cm³/mol. The molecule has 2 rings (SSSR count). The number of nitrogens with one attached hydrogen (secondary N) is 1. The van der Waals surface area contributed by atoms with E-state index < -0.39 is 0 Å². The van der Waals surface area contributed by atoms with Gasteiger partial charge in [0.15, 0.2) is 0 Å². The second-order valence-electron chi connectivity index (χ2n) is 6.41. The molecule has 2 aliphatic heterocycles. The molecule has 0 saturated carbocycles. The fraction of sp³-hybridized carbons (Fsp3) is 0.933. The van der Waals surface area contributed by atoms with Gasteiger partial charge in [-0.3, -0.25) is 0 Å². The molecular weight excluding hydrogens is 238 g/mol. The Bertz CT molecular complexity index is 289. The Morgan fingerprint density at radius 3 is 2.63 bits per heavy atom. The molecule has 0 bridgehead atoms. The summed E-state index contributed by atoms with van der Waals surface area (Å²) in [6.45, 7) is 9.59. The van der Waals surface area contributed by atoms with Crippen LogP contribution >= 0.6 is 0 Å². The lowest BCUT2D eigenvalue weighted by molar-refractivity contribution is 0.159. The average molecular weight is 267 g/mol. The lowest BCUT2D eigenvalue weighted by Crippen LogP contribution is -2.50. The van der Waals surface area contributed by atoms with Crippen molar-refractivity contribution in [3.8, 4) is 0 Å². The standard InChI is InChI=1S/C15H29N3O/c1-13-7-6-10-18(11-13)15(19)16-14(2)12-17-8-4-3-5-9-17/h13-14H,3-12H2,1-2H3,(H,16,19). The monoisotopic (exact) mass is 267 g/mol. The van der Waals surface area contributed by atoms with Crippen LogP contribution in [0.25, 0.3) is 0 Å². The molecule has 0 aliphatic carbocycles. The number of carbonyl (C=O) groups is 1. The van der Waals surface area contributed by atoms with Gasteiger partial charge in [-0.2, -0.15) is 0 Å². The van der Waals surface area contributed by atoms with Crippen LogP contribution < -0.4 is 5.32 Å². The molecule has 0 spiro atoms. The summed E-state index contributed by atoms with van der Waals surface area (Å²) in [5.41, 5.74) is 0. The Labute approximate surface area is 117 Å². The minimum Gasteiger partial charge on any atom is -0.334 e. The lowest BCUT2D eigenvalue weighted by atomic mass is 10.0. The number of nitrogens with zero attached hydrogens (tertiary/aromatic N) is 2. The maximum atomic E-state index is 12.2. The fourth-order valence-corrected chi connectivity index (χ4v) is 3.25. The van der Waals surface area contributed by atoms with Crippen LogP contribution in [0.3, 0.4) is 0 Å². The molecule has 19 heavy (non-hydrogen) atoms. The molecule has 2 unspecified atom stereocenters. The van der Waals surface area contributed by atoms with Crippen LogP contribution in [0.2, 0.25) is 0 Å². The SMILES string of the molecule is CC1CCCN(C(=O)NC(C)CN2CCCCC2)C1. The lowest BCUT2D eigenvalue weighted by Gasteiger charge is -2.33. The largest absolute Gasteiger partial charge is 0.334 e. The van der Waals surface area contributed by atoms with Crippen LogP contribution in [0.1, 0.15) is 46.0 Å². The molecule has 4 heteroatoms. The minimum absolute atomic E-state index is 0.135. The number of hydrogen-bond donors (Lipinski definition) is 1. The van der Waals surface area contributed by atoms with Gasteiger partial charge in [-0.15, -0.1) is 0 Å². The average Bonchev–Trinajstić information content (AvgIpc) is 2.39. The van der Waals surface area contributed by atoms with Gasteiger partial charge in [0.05, 0.1) is 0 Å². The smallest absolute Gasteiger partial charge is 0.317 e. The van der Waals surface area contributed by atoms with Crippen LogP contribution in [0, 0.1) is 5.92 Å². The normalized spacial score (nSPS) is 27.1. The Hall–Kier alpha value is -0.770. The zero-order valence-electron chi connectivity index (χ0n) is 12.5. The molecule has 2 atom stereocenters. The number of amides is 2. The van der Waals surface area contributed by atoms with Crippen molar-refractivity contribution >= 4 is 6.03 Å².